The minimum Gasteiger partial charge on any atom is -0.506 e. The first kappa shape index (κ1) is 19.2. The Bertz CT molecular complexity index is 886. The smallest absolute Gasteiger partial charge is 0.250 e. The summed E-state index contributed by atoms with van der Waals surface area (Å²) in [4.78, 5) is 12.2. The van der Waals surface area contributed by atoms with Crippen molar-refractivity contribution in [2.75, 3.05) is 6.61 Å². The molecule has 1 aliphatic rings. The molecule has 144 valence electrons. The number of aliphatic hydroxyl groups excluding tert-OH is 4. The highest BCUT2D eigenvalue weighted by molar-refractivity contribution is 5.63. The molecule has 3 rings (SSSR count). The lowest BCUT2D eigenvalue weighted by Gasteiger charge is -2.32. The number of nitrogens with zero attached hydrogens (tertiary/aromatic N) is 1. The highest BCUT2D eigenvalue weighted by atomic mass is 16.5. The number of aromatic nitrogens is 1. The molecular weight excluding hydrogens is 350 g/mol. The number of pyridine rings is 1. The Morgan fingerprint density at radius 1 is 1.07 bits per heavy atom. The Kier molecular flexibility index (Phi) is 5.65. The Morgan fingerprint density at radius 3 is 2.37 bits per heavy atom. The van der Waals surface area contributed by atoms with Gasteiger partial charge in [0.05, 0.1) is 13.2 Å². The van der Waals surface area contributed by atoms with Gasteiger partial charge in [-0.05, 0) is 23.6 Å². The summed E-state index contributed by atoms with van der Waals surface area (Å²) in [7, 11) is 0. The van der Waals surface area contributed by atoms with Crippen LogP contribution in [0.5, 0.6) is 0 Å². The van der Waals surface area contributed by atoms with Gasteiger partial charge in [0.15, 0.2) is 17.6 Å². The van der Waals surface area contributed by atoms with Gasteiger partial charge < -0.3 is 29.7 Å². The fourth-order valence-electron chi connectivity index (χ4n) is 3.01. The van der Waals surface area contributed by atoms with Crippen molar-refractivity contribution >= 4 is 5.76 Å². The quantitative estimate of drug-likeness (QED) is 0.617. The van der Waals surface area contributed by atoms with Crippen LogP contribution in [0.3, 0.4) is 0 Å². The molecule has 1 aromatic heterocycles. The fraction of sp³-hybridized carbons (Fsp3) is 0.350. The first-order valence-electron chi connectivity index (χ1n) is 8.80. The molecule has 7 nitrogen and oxygen atoms in total. The number of ether oxygens (including phenoxy) is 1. The van der Waals surface area contributed by atoms with Crippen molar-refractivity contribution in [2.24, 2.45) is 0 Å². The van der Waals surface area contributed by atoms with Gasteiger partial charge in [0, 0.05) is 17.8 Å². The van der Waals surface area contributed by atoms with Crippen molar-refractivity contribution in [2.45, 2.75) is 38.2 Å². The van der Waals surface area contributed by atoms with Crippen LogP contribution in [0.15, 0.2) is 53.1 Å². The maximum atomic E-state index is 12.2. The summed E-state index contributed by atoms with van der Waals surface area (Å²) in [5, 5.41) is 39.3. The largest absolute Gasteiger partial charge is 0.506 e. The third-order valence-electron chi connectivity index (χ3n) is 4.70. The lowest BCUT2D eigenvalue weighted by molar-refractivity contribution is -0.0916. The van der Waals surface area contributed by atoms with E-state index in [0.29, 0.717) is 12.1 Å². The topological polar surface area (TPSA) is 112 Å². The van der Waals surface area contributed by atoms with Crippen molar-refractivity contribution in [3.63, 3.8) is 0 Å². The zero-order valence-electron chi connectivity index (χ0n) is 14.9. The second-order valence-electron chi connectivity index (χ2n) is 6.54. The SMILES string of the molecule is CCc1ccc(Cn2cc(C3=C(O)[C@@H](O)[C@H](O)[C@@H](CO)O3)ccc2=O)cc1. The average molecular weight is 373 g/mol. The van der Waals surface area contributed by atoms with E-state index in [1.54, 1.807) is 0 Å². The number of aryl methyl sites for hydroxylation is 1. The molecule has 4 N–H and O–H groups in total. The Labute approximate surface area is 156 Å². The zero-order valence-corrected chi connectivity index (χ0v) is 14.9. The van der Waals surface area contributed by atoms with Crippen LogP contribution in [0.1, 0.15) is 23.6 Å². The van der Waals surface area contributed by atoms with Crippen LogP contribution in [0.25, 0.3) is 5.76 Å². The first-order valence-corrected chi connectivity index (χ1v) is 8.80. The summed E-state index contributed by atoms with van der Waals surface area (Å²) in [6.07, 6.45) is -1.65. The van der Waals surface area contributed by atoms with E-state index < -0.39 is 30.7 Å². The van der Waals surface area contributed by atoms with E-state index in [-0.39, 0.29) is 11.3 Å². The summed E-state index contributed by atoms with van der Waals surface area (Å²) < 4.78 is 6.91. The van der Waals surface area contributed by atoms with Gasteiger partial charge in [-0.2, -0.15) is 0 Å². The van der Waals surface area contributed by atoms with E-state index in [1.165, 1.54) is 28.5 Å². The van der Waals surface area contributed by atoms with Crippen molar-refractivity contribution in [3.8, 4) is 0 Å². The minimum absolute atomic E-state index is 0.0677. The molecule has 1 aromatic carbocycles. The third-order valence-corrected chi connectivity index (χ3v) is 4.70. The van der Waals surface area contributed by atoms with Crippen LogP contribution in [-0.4, -0.2) is 49.9 Å². The molecule has 2 aromatic rings. The Hall–Kier alpha value is -2.61. The molecular formula is C20H23NO6. The second-order valence-corrected chi connectivity index (χ2v) is 6.54. The monoisotopic (exact) mass is 373 g/mol. The number of hydrogen-bond donors (Lipinski definition) is 4. The fourth-order valence-corrected chi connectivity index (χ4v) is 3.01. The molecule has 0 unspecified atom stereocenters. The maximum absolute atomic E-state index is 12.2. The lowest BCUT2D eigenvalue weighted by Crippen LogP contribution is -2.46. The predicted octanol–water partition coefficient (Wildman–Crippen LogP) is 0.798. The molecule has 3 atom stereocenters. The molecule has 27 heavy (non-hydrogen) atoms. The molecule has 7 heteroatoms. The van der Waals surface area contributed by atoms with Crippen molar-refractivity contribution in [1.29, 1.82) is 0 Å². The van der Waals surface area contributed by atoms with Crippen LogP contribution in [0.4, 0.5) is 0 Å². The van der Waals surface area contributed by atoms with Gasteiger partial charge in [0.25, 0.3) is 5.56 Å². The summed E-state index contributed by atoms with van der Waals surface area (Å²) in [5.41, 5.74) is 2.28. The summed E-state index contributed by atoms with van der Waals surface area (Å²) in [6.45, 7) is 1.87. The molecule has 0 spiro atoms. The number of hydrogen-bond acceptors (Lipinski definition) is 6. The average Bonchev–Trinajstić information content (AvgIpc) is 2.69. The van der Waals surface area contributed by atoms with Gasteiger partial charge in [0.2, 0.25) is 0 Å². The maximum Gasteiger partial charge on any atom is 0.250 e. The summed E-state index contributed by atoms with van der Waals surface area (Å²) in [6, 6.07) is 10.7. The van der Waals surface area contributed by atoms with Gasteiger partial charge in [-0.1, -0.05) is 31.2 Å². The van der Waals surface area contributed by atoms with Gasteiger partial charge in [-0.3, -0.25) is 4.79 Å². The van der Waals surface area contributed by atoms with E-state index in [2.05, 4.69) is 6.92 Å². The van der Waals surface area contributed by atoms with Gasteiger partial charge in [-0.15, -0.1) is 0 Å². The number of benzene rings is 1. The molecule has 0 aliphatic carbocycles. The van der Waals surface area contributed by atoms with Crippen molar-refractivity contribution in [3.05, 3.63) is 75.4 Å². The molecule has 0 fully saturated rings. The minimum atomic E-state index is -1.58. The third kappa shape index (κ3) is 3.90. The van der Waals surface area contributed by atoms with Crippen LogP contribution in [0.2, 0.25) is 0 Å². The summed E-state index contributed by atoms with van der Waals surface area (Å²) in [5.74, 6) is -0.605. The lowest BCUT2D eigenvalue weighted by atomic mass is 10.0. The molecule has 0 amide bonds. The zero-order chi connectivity index (χ0) is 19.6. The van der Waals surface area contributed by atoms with Gasteiger partial charge in [-0.25, -0.2) is 0 Å². The van der Waals surface area contributed by atoms with Gasteiger partial charge >= 0.3 is 0 Å². The van der Waals surface area contributed by atoms with Crippen LogP contribution in [0, 0.1) is 0 Å². The predicted molar refractivity (Wildman–Crippen MR) is 99.1 cm³/mol. The normalized spacial score (nSPS) is 22.6. The molecule has 0 bridgehead atoms. The van der Waals surface area contributed by atoms with Crippen molar-refractivity contribution < 1.29 is 25.2 Å². The van der Waals surface area contributed by atoms with Crippen LogP contribution < -0.4 is 5.56 Å². The molecule has 2 heterocycles. The van der Waals surface area contributed by atoms with E-state index in [4.69, 9.17) is 4.74 Å². The van der Waals surface area contributed by atoms with Crippen molar-refractivity contribution in [1.82, 2.24) is 4.57 Å². The molecule has 0 saturated carbocycles. The van der Waals surface area contributed by atoms with E-state index in [1.807, 2.05) is 24.3 Å². The molecule has 0 saturated heterocycles. The molecule has 0 radical (unpaired) electrons. The van der Waals surface area contributed by atoms with E-state index in [0.717, 1.165) is 12.0 Å². The van der Waals surface area contributed by atoms with Gasteiger partial charge in [0.1, 0.15) is 12.2 Å². The highest BCUT2D eigenvalue weighted by Gasteiger charge is 2.38. The van der Waals surface area contributed by atoms with E-state index >= 15 is 0 Å². The Morgan fingerprint density at radius 2 is 1.74 bits per heavy atom. The van der Waals surface area contributed by atoms with E-state index in [9.17, 15) is 25.2 Å². The van der Waals surface area contributed by atoms with Crippen LogP contribution >= 0.6 is 0 Å². The second kappa shape index (κ2) is 7.96. The molecule has 1 aliphatic heterocycles. The number of rotatable bonds is 5. The Balaban J connectivity index is 1.93. The standard InChI is InChI=1S/C20H23NO6/c1-2-12-3-5-13(6-4-12)9-21-10-14(7-8-16(21)23)20-19(26)18(25)17(24)15(11-22)27-20/h3-8,10,15,17-18,22,24-26H,2,9,11H2,1H3/t15-,17-,18+/m1/s1. The first-order chi connectivity index (χ1) is 12.9. The number of aliphatic hydroxyl groups is 4. The summed E-state index contributed by atoms with van der Waals surface area (Å²) >= 11 is 0. The van der Waals surface area contributed by atoms with Crippen LogP contribution in [-0.2, 0) is 17.7 Å². The highest BCUT2D eigenvalue weighted by Crippen LogP contribution is 2.29.